The van der Waals surface area contributed by atoms with E-state index in [2.05, 4.69) is 11.8 Å². The molecule has 0 aromatic carbocycles. The van der Waals surface area contributed by atoms with Crippen LogP contribution in [0.3, 0.4) is 0 Å². The van der Waals surface area contributed by atoms with Crippen LogP contribution in [0, 0.1) is 0 Å². The van der Waals surface area contributed by atoms with Gasteiger partial charge in [0.05, 0.1) is 12.1 Å². The molecule has 0 amide bonds. The number of carbonyl (C=O) groups is 1. The fourth-order valence-electron chi connectivity index (χ4n) is 3.08. The van der Waals surface area contributed by atoms with Crippen LogP contribution >= 0.6 is 0 Å². The molecule has 17 heavy (non-hydrogen) atoms. The Morgan fingerprint density at radius 2 is 2.29 bits per heavy atom. The van der Waals surface area contributed by atoms with Gasteiger partial charge in [-0.1, -0.05) is 6.92 Å². The van der Waals surface area contributed by atoms with Crippen LogP contribution in [-0.4, -0.2) is 47.3 Å². The van der Waals surface area contributed by atoms with Gasteiger partial charge in [0.15, 0.2) is 0 Å². The van der Waals surface area contributed by atoms with E-state index in [4.69, 9.17) is 9.84 Å². The van der Waals surface area contributed by atoms with Crippen molar-refractivity contribution in [3.05, 3.63) is 0 Å². The van der Waals surface area contributed by atoms with Crippen molar-refractivity contribution >= 4 is 5.97 Å². The maximum absolute atomic E-state index is 10.9. The van der Waals surface area contributed by atoms with E-state index in [0.29, 0.717) is 6.04 Å². The van der Waals surface area contributed by atoms with Gasteiger partial charge in [0.2, 0.25) is 0 Å². The minimum Gasteiger partial charge on any atom is -0.480 e. The van der Waals surface area contributed by atoms with Crippen molar-refractivity contribution in [3.8, 4) is 0 Å². The molecule has 1 aliphatic carbocycles. The van der Waals surface area contributed by atoms with E-state index < -0.39 is 5.97 Å². The Morgan fingerprint density at radius 1 is 1.53 bits per heavy atom. The first-order valence-electron chi connectivity index (χ1n) is 6.75. The second-order valence-corrected chi connectivity index (χ2v) is 5.40. The molecule has 0 aromatic heterocycles. The minimum absolute atomic E-state index is 0.105. The fourth-order valence-corrected chi connectivity index (χ4v) is 3.08. The number of rotatable bonds is 5. The molecular weight excluding hydrogens is 218 g/mol. The highest BCUT2D eigenvalue weighted by Gasteiger charge is 2.43. The van der Waals surface area contributed by atoms with Gasteiger partial charge in [0, 0.05) is 12.6 Å². The molecule has 4 nitrogen and oxygen atoms in total. The molecule has 1 N–H and O–H groups in total. The smallest absolute Gasteiger partial charge is 0.317 e. The number of hydrogen-bond donors (Lipinski definition) is 1. The molecule has 1 aliphatic heterocycles. The number of aliphatic carboxylic acids is 1. The van der Waals surface area contributed by atoms with Crippen LogP contribution in [0.1, 0.15) is 45.4 Å². The second-order valence-electron chi connectivity index (χ2n) is 5.40. The molecular formula is C13H23NO3. The highest BCUT2D eigenvalue weighted by molar-refractivity contribution is 5.69. The largest absolute Gasteiger partial charge is 0.480 e. The van der Waals surface area contributed by atoms with Crippen molar-refractivity contribution in [1.29, 1.82) is 0 Å². The lowest BCUT2D eigenvalue weighted by atomic mass is 9.73. The van der Waals surface area contributed by atoms with Crippen LogP contribution in [-0.2, 0) is 9.53 Å². The van der Waals surface area contributed by atoms with Crippen LogP contribution < -0.4 is 0 Å². The third-order valence-corrected chi connectivity index (χ3v) is 4.10. The van der Waals surface area contributed by atoms with Gasteiger partial charge in [-0.2, -0.15) is 0 Å². The van der Waals surface area contributed by atoms with Gasteiger partial charge in [0.1, 0.15) is 0 Å². The van der Waals surface area contributed by atoms with Crippen LogP contribution in [0.25, 0.3) is 0 Å². The second kappa shape index (κ2) is 5.36. The Labute approximate surface area is 103 Å². The lowest BCUT2D eigenvalue weighted by Gasteiger charge is -2.49. The predicted molar refractivity (Wildman–Crippen MR) is 65.1 cm³/mol. The fraction of sp³-hybridized carbons (Fsp3) is 0.923. The number of carboxylic acids is 1. The zero-order valence-corrected chi connectivity index (χ0v) is 10.7. The van der Waals surface area contributed by atoms with E-state index in [9.17, 15) is 4.79 Å². The Hall–Kier alpha value is -0.610. The summed E-state index contributed by atoms with van der Waals surface area (Å²) in [6.45, 7) is 3.96. The van der Waals surface area contributed by atoms with Crippen LogP contribution in [0.4, 0.5) is 0 Å². The first-order valence-corrected chi connectivity index (χ1v) is 6.75. The minimum atomic E-state index is -0.715. The summed E-state index contributed by atoms with van der Waals surface area (Å²) < 4.78 is 5.89. The Morgan fingerprint density at radius 3 is 2.82 bits per heavy atom. The third kappa shape index (κ3) is 2.99. The summed E-state index contributed by atoms with van der Waals surface area (Å²) in [5.41, 5.74) is 0.105. The Balaban J connectivity index is 1.94. The summed E-state index contributed by atoms with van der Waals surface area (Å²) >= 11 is 0. The van der Waals surface area contributed by atoms with Crippen molar-refractivity contribution in [2.45, 2.75) is 57.1 Å². The lowest BCUT2D eigenvalue weighted by Crippen LogP contribution is -2.53. The summed E-state index contributed by atoms with van der Waals surface area (Å²) in [5, 5.41) is 8.97. The molecule has 0 aromatic rings. The number of hydrogen-bond acceptors (Lipinski definition) is 3. The lowest BCUT2D eigenvalue weighted by molar-refractivity contribution is -0.155. The summed E-state index contributed by atoms with van der Waals surface area (Å²) in [6, 6.07) is 0.403. The van der Waals surface area contributed by atoms with Crippen LogP contribution in [0.2, 0.25) is 0 Å². The van der Waals surface area contributed by atoms with Gasteiger partial charge in [-0.05, 0) is 45.1 Å². The molecule has 0 radical (unpaired) electrons. The maximum Gasteiger partial charge on any atom is 0.317 e. The number of ether oxygens (including phenoxy) is 1. The summed E-state index contributed by atoms with van der Waals surface area (Å²) in [6.07, 6.45) is 6.61. The summed E-state index contributed by atoms with van der Waals surface area (Å²) in [4.78, 5) is 13.0. The van der Waals surface area contributed by atoms with E-state index in [0.717, 1.165) is 45.3 Å². The number of carboxylic acid groups (broad SMARTS) is 1. The van der Waals surface area contributed by atoms with E-state index in [1.165, 1.54) is 6.42 Å². The molecule has 98 valence electrons. The molecule has 1 saturated heterocycles. The highest BCUT2D eigenvalue weighted by Crippen LogP contribution is 2.43. The molecule has 2 fully saturated rings. The first kappa shape index (κ1) is 12.8. The van der Waals surface area contributed by atoms with Gasteiger partial charge in [-0.15, -0.1) is 0 Å². The van der Waals surface area contributed by atoms with Crippen LogP contribution in [0.15, 0.2) is 0 Å². The topological polar surface area (TPSA) is 49.8 Å². The normalized spacial score (nSPS) is 27.1. The van der Waals surface area contributed by atoms with Crippen LogP contribution in [0.5, 0.6) is 0 Å². The number of nitrogens with zero attached hydrogens (tertiary/aromatic N) is 1. The quantitative estimate of drug-likeness (QED) is 0.798. The van der Waals surface area contributed by atoms with Gasteiger partial charge >= 0.3 is 5.97 Å². The first-order chi connectivity index (χ1) is 8.15. The van der Waals surface area contributed by atoms with E-state index in [-0.39, 0.29) is 12.1 Å². The monoisotopic (exact) mass is 241 g/mol. The van der Waals surface area contributed by atoms with E-state index in [1.807, 2.05) is 0 Å². The van der Waals surface area contributed by atoms with E-state index in [1.54, 1.807) is 0 Å². The van der Waals surface area contributed by atoms with Gasteiger partial charge in [-0.3, -0.25) is 9.69 Å². The SMILES string of the molecule is CCCN(CC(=O)O)C1CCOC2(CCC2)C1. The molecule has 1 saturated carbocycles. The van der Waals surface area contributed by atoms with Crippen molar-refractivity contribution < 1.29 is 14.6 Å². The average molecular weight is 241 g/mol. The van der Waals surface area contributed by atoms with Crippen molar-refractivity contribution in [2.75, 3.05) is 19.7 Å². The molecule has 4 heteroatoms. The van der Waals surface area contributed by atoms with Gasteiger partial charge in [-0.25, -0.2) is 0 Å². The Bertz CT molecular complexity index is 276. The third-order valence-electron chi connectivity index (χ3n) is 4.10. The predicted octanol–water partition coefficient (Wildman–Crippen LogP) is 1.88. The molecule has 2 aliphatic rings. The summed E-state index contributed by atoms with van der Waals surface area (Å²) in [7, 11) is 0. The average Bonchev–Trinajstić information content (AvgIpc) is 2.26. The summed E-state index contributed by atoms with van der Waals surface area (Å²) in [5.74, 6) is -0.715. The standard InChI is InChI=1S/C13H23NO3/c1-2-7-14(10-12(15)16)11-4-8-17-13(9-11)5-3-6-13/h11H,2-10H2,1H3,(H,15,16). The van der Waals surface area contributed by atoms with Crippen molar-refractivity contribution in [2.24, 2.45) is 0 Å². The molecule has 2 rings (SSSR count). The van der Waals surface area contributed by atoms with E-state index >= 15 is 0 Å². The highest BCUT2D eigenvalue weighted by atomic mass is 16.5. The zero-order chi connectivity index (χ0) is 12.3. The maximum atomic E-state index is 10.9. The molecule has 1 unspecified atom stereocenters. The zero-order valence-electron chi connectivity index (χ0n) is 10.7. The molecule has 1 heterocycles. The molecule has 1 spiro atoms. The molecule has 1 atom stereocenters. The van der Waals surface area contributed by atoms with Gasteiger partial charge < -0.3 is 9.84 Å². The van der Waals surface area contributed by atoms with Crippen molar-refractivity contribution in [1.82, 2.24) is 4.90 Å². The molecule has 0 bridgehead atoms. The van der Waals surface area contributed by atoms with Gasteiger partial charge in [0.25, 0.3) is 0 Å². The van der Waals surface area contributed by atoms with Crippen molar-refractivity contribution in [3.63, 3.8) is 0 Å². The Kier molecular flexibility index (Phi) is 4.05.